The van der Waals surface area contributed by atoms with Crippen LogP contribution in [0.3, 0.4) is 0 Å². The van der Waals surface area contributed by atoms with E-state index in [1.807, 2.05) is 24.3 Å². The average Bonchev–Trinajstić information content (AvgIpc) is 3.66. The van der Waals surface area contributed by atoms with Gasteiger partial charge in [0.15, 0.2) is 17.0 Å². The van der Waals surface area contributed by atoms with Gasteiger partial charge in [0.25, 0.3) is 6.01 Å². The number of anilines is 1. The van der Waals surface area contributed by atoms with Crippen molar-refractivity contribution in [3.05, 3.63) is 71.3 Å². The summed E-state index contributed by atoms with van der Waals surface area (Å²) in [5.41, 5.74) is 10.1. The van der Waals surface area contributed by atoms with Crippen molar-refractivity contribution in [3.8, 4) is 23.5 Å². The van der Waals surface area contributed by atoms with Gasteiger partial charge in [-0.15, -0.1) is 0 Å². The molecule has 184 valence electrons. The van der Waals surface area contributed by atoms with Crippen molar-refractivity contribution in [1.29, 1.82) is 0 Å². The van der Waals surface area contributed by atoms with Crippen molar-refractivity contribution >= 4 is 17.0 Å². The summed E-state index contributed by atoms with van der Waals surface area (Å²) in [5, 5.41) is 14.0. The number of benzene rings is 2. The number of rotatable bonds is 5. The van der Waals surface area contributed by atoms with Crippen LogP contribution in [-0.4, -0.2) is 37.3 Å². The Kier molecular flexibility index (Phi) is 5.90. The molecule has 0 atom stereocenters. The first-order chi connectivity index (χ1) is 17.6. The Morgan fingerprint density at radius 2 is 1.94 bits per heavy atom. The molecule has 1 aliphatic carbocycles. The summed E-state index contributed by atoms with van der Waals surface area (Å²) in [6.45, 7) is 1.65. The molecule has 4 N–H and O–H groups in total. The Hall–Kier alpha value is -4.11. The molecule has 0 spiro atoms. The number of imidazole rings is 1. The molecular weight excluding hydrogens is 456 g/mol. The predicted octanol–water partition coefficient (Wildman–Crippen LogP) is 4.09. The minimum absolute atomic E-state index is 0.172. The fourth-order valence-electron chi connectivity index (χ4n) is 4.27. The standard InChI is InChI=1S/C27H28N6O3/c28-24-23-25-32-26(31-24)35-13-3-1-2-4-19-14-18(16-33(25)27(34)30-23)7-12-22(19)36-21-10-5-17(6-11-21)15-29-20-8-9-20/h1-2,5-7,10-12,14,20,29H,3-4,8-9,13,15-16H2,(H,30,34)(H2,28,31,32)/b2-1-. The van der Waals surface area contributed by atoms with E-state index in [0.29, 0.717) is 43.2 Å². The fourth-order valence-corrected chi connectivity index (χ4v) is 4.27. The first-order valence-corrected chi connectivity index (χ1v) is 12.2. The average molecular weight is 485 g/mol. The van der Waals surface area contributed by atoms with Crippen LogP contribution in [0.5, 0.6) is 23.5 Å². The van der Waals surface area contributed by atoms with E-state index in [9.17, 15) is 5.11 Å². The molecule has 1 fully saturated rings. The largest absolute Gasteiger partial charge is 0.480 e. The van der Waals surface area contributed by atoms with Crippen molar-refractivity contribution in [3.63, 3.8) is 0 Å². The minimum atomic E-state index is -0.173. The van der Waals surface area contributed by atoms with Crippen molar-refractivity contribution in [2.24, 2.45) is 0 Å². The molecule has 2 aromatic carbocycles. The van der Waals surface area contributed by atoms with Crippen LogP contribution >= 0.6 is 0 Å². The quantitative estimate of drug-likeness (QED) is 0.362. The highest BCUT2D eigenvalue weighted by molar-refractivity contribution is 5.83. The number of hydrogen-bond acceptors (Lipinski definition) is 8. The lowest BCUT2D eigenvalue weighted by Gasteiger charge is -2.14. The van der Waals surface area contributed by atoms with Gasteiger partial charge in [-0.1, -0.05) is 30.4 Å². The van der Waals surface area contributed by atoms with Crippen LogP contribution < -0.4 is 20.5 Å². The van der Waals surface area contributed by atoms with Crippen molar-refractivity contribution in [2.45, 2.75) is 44.8 Å². The zero-order valence-electron chi connectivity index (χ0n) is 19.9. The number of hydrogen-bond donors (Lipinski definition) is 3. The lowest BCUT2D eigenvalue weighted by molar-refractivity contribution is 0.300. The van der Waals surface area contributed by atoms with E-state index >= 15 is 0 Å². The SMILES string of the molecule is Nc1nc2nc3c1nc(O)n3Cc1ccc(Oc3ccc(CNC4CC4)cc3)c(c1)C/C=C\CCO2. The van der Waals surface area contributed by atoms with Gasteiger partial charge in [-0.2, -0.15) is 15.0 Å². The molecule has 0 amide bonds. The van der Waals surface area contributed by atoms with Crippen LogP contribution in [0.15, 0.2) is 54.6 Å². The van der Waals surface area contributed by atoms with Gasteiger partial charge in [0, 0.05) is 12.6 Å². The van der Waals surface area contributed by atoms with E-state index < -0.39 is 0 Å². The second-order valence-corrected chi connectivity index (χ2v) is 9.22. The van der Waals surface area contributed by atoms with E-state index in [0.717, 1.165) is 29.2 Å². The molecule has 6 rings (SSSR count). The third-order valence-corrected chi connectivity index (χ3v) is 6.39. The molecule has 3 heterocycles. The molecule has 9 heteroatoms. The Balaban J connectivity index is 1.29. The Morgan fingerprint density at radius 1 is 1.08 bits per heavy atom. The van der Waals surface area contributed by atoms with Crippen LogP contribution in [0.25, 0.3) is 11.2 Å². The number of nitrogens with zero attached hydrogens (tertiary/aromatic N) is 4. The summed E-state index contributed by atoms with van der Waals surface area (Å²) in [6.07, 6.45) is 8.13. The highest BCUT2D eigenvalue weighted by Crippen LogP contribution is 2.30. The maximum atomic E-state index is 10.5. The molecule has 0 radical (unpaired) electrons. The summed E-state index contributed by atoms with van der Waals surface area (Å²) >= 11 is 0. The van der Waals surface area contributed by atoms with Crippen LogP contribution in [0.1, 0.15) is 36.0 Å². The molecule has 9 nitrogen and oxygen atoms in total. The highest BCUT2D eigenvalue weighted by Gasteiger charge is 2.20. The smallest absolute Gasteiger partial charge is 0.320 e. The summed E-state index contributed by atoms with van der Waals surface area (Å²) in [4.78, 5) is 12.8. The lowest BCUT2D eigenvalue weighted by Crippen LogP contribution is -2.14. The number of nitrogens with two attached hydrogens (primary N) is 1. The van der Waals surface area contributed by atoms with Crippen LogP contribution in [0.2, 0.25) is 0 Å². The molecule has 1 saturated carbocycles. The van der Waals surface area contributed by atoms with Gasteiger partial charge < -0.3 is 25.6 Å². The Bertz CT molecular complexity index is 1430. The van der Waals surface area contributed by atoms with Gasteiger partial charge in [-0.05, 0) is 66.6 Å². The molecule has 36 heavy (non-hydrogen) atoms. The van der Waals surface area contributed by atoms with E-state index in [-0.39, 0.29) is 17.8 Å². The topological polar surface area (TPSA) is 120 Å². The van der Waals surface area contributed by atoms with Crippen molar-refractivity contribution in [1.82, 2.24) is 24.8 Å². The van der Waals surface area contributed by atoms with E-state index in [1.165, 1.54) is 18.4 Å². The van der Waals surface area contributed by atoms with Crippen molar-refractivity contribution < 1.29 is 14.6 Å². The third kappa shape index (κ3) is 4.83. The van der Waals surface area contributed by atoms with Gasteiger partial charge in [-0.3, -0.25) is 4.57 Å². The van der Waals surface area contributed by atoms with Crippen LogP contribution in [0.4, 0.5) is 5.82 Å². The Labute approximate surface area is 208 Å². The van der Waals surface area contributed by atoms with Gasteiger partial charge >= 0.3 is 6.01 Å². The van der Waals surface area contributed by atoms with E-state index in [4.69, 9.17) is 15.2 Å². The molecule has 2 aliphatic rings. The summed E-state index contributed by atoms with van der Waals surface area (Å²) in [5.74, 6) is 1.76. The molecule has 1 aliphatic heterocycles. The van der Waals surface area contributed by atoms with Crippen molar-refractivity contribution in [2.75, 3.05) is 12.3 Å². The number of allylic oxidation sites excluding steroid dienone is 1. The second-order valence-electron chi connectivity index (χ2n) is 9.22. The second kappa shape index (κ2) is 9.50. The zero-order chi connectivity index (χ0) is 24.5. The maximum Gasteiger partial charge on any atom is 0.320 e. The van der Waals surface area contributed by atoms with Crippen LogP contribution in [0, 0.1) is 0 Å². The normalized spacial score (nSPS) is 16.4. The first-order valence-electron chi connectivity index (χ1n) is 12.2. The molecule has 0 unspecified atom stereocenters. The lowest BCUT2D eigenvalue weighted by atomic mass is 10.1. The summed E-state index contributed by atoms with van der Waals surface area (Å²) in [7, 11) is 0. The van der Waals surface area contributed by atoms with E-state index in [1.54, 1.807) is 4.57 Å². The number of fused-ring (bicyclic) bond motifs is 3. The third-order valence-electron chi connectivity index (χ3n) is 6.39. The molecule has 4 aromatic rings. The maximum absolute atomic E-state index is 10.5. The summed E-state index contributed by atoms with van der Waals surface area (Å²) in [6, 6.07) is 15.0. The van der Waals surface area contributed by atoms with Gasteiger partial charge in [0.05, 0.1) is 13.2 Å². The van der Waals surface area contributed by atoms with Gasteiger partial charge in [0.2, 0.25) is 0 Å². The van der Waals surface area contributed by atoms with Gasteiger partial charge in [0.1, 0.15) is 11.5 Å². The number of nitrogen functional groups attached to an aromatic ring is 1. The number of aromatic hydroxyl groups is 1. The molecule has 4 bridgehead atoms. The minimum Gasteiger partial charge on any atom is -0.480 e. The fraction of sp³-hybridized carbons (Fsp3) is 0.296. The number of ether oxygens (including phenoxy) is 2. The van der Waals surface area contributed by atoms with Gasteiger partial charge in [-0.25, -0.2) is 0 Å². The molecule has 0 saturated heterocycles. The first kappa shape index (κ1) is 22.4. The monoisotopic (exact) mass is 484 g/mol. The Morgan fingerprint density at radius 3 is 2.78 bits per heavy atom. The van der Waals surface area contributed by atoms with E-state index in [2.05, 4.69) is 50.6 Å². The molecule has 2 aromatic heterocycles. The number of nitrogens with one attached hydrogen (secondary N) is 1. The highest BCUT2D eigenvalue weighted by atomic mass is 16.5. The molecular formula is C27H28N6O3. The summed E-state index contributed by atoms with van der Waals surface area (Å²) < 4.78 is 13.6. The number of aromatic nitrogens is 4. The van der Waals surface area contributed by atoms with Crippen LogP contribution in [-0.2, 0) is 19.5 Å². The zero-order valence-corrected chi connectivity index (χ0v) is 19.9. The predicted molar refractivity (Wildman–Crippen MR) is 136 cm³/mol.